The van der Waals surface area contributed by atoms with Gasteiger partial charge < -0.3 is 4.74 Å². The van der Waals surface area contributed by atoms with Crippen LogP contribution in [0.5, 0.6) is 0 Å². The minimum Gasteiger partial charge on any atom is -0.466 e. The van der Waals surface area contributed by atoms with Crippen LogP contribution in [0.25, 0.3) is 5.57 Å². The summed E-state index contributed by atoms with van der Waals surface area (Å²) in [5.74, 6) is -0.572. The lowest BCUT2D eigenvalue weighted by Gasteiger charge is -2.12. The minimum atomic E-state index is -0.333. The number of hydrogen-bond donors (Lipinski definition) is 0. The second-order valence-corrected chi connectivity index (χ2v) is 3.43. The third-order valence-electron chi connectivity index (χ3n) is 2.35. The second-order valence-electron chi connectivity index (χ2n) is 3.43. The van der Waals surface area contributed by atoms with Crippen molar-refractivity contribution in [3.05, 3.63) is 48.2 Å². The fourth-order valence-corrected chi connectivity index (χ4v) is 1.51. The number of benzene rings is 1. The van der Waals surface area contributed by atoms with E-state index in [9.17, 15) is 4.79 Å². The molecule has 0 aliphatic rings. The predicted molar refractivity (Wildman–Crippen MR) is 64.8 cm³/mol. The Hall–Kier alpha value is -1.79. The summed E-state index contributed by atoms with van der Waals surface area (Å²) in [6.45, 7) is 7.62. The van der Waals surface area contributed by atoms with Crippen molar-refractivity contribution < 1.29 is 9.53 Å². The Balaban J connectivity index is 2.93. The molecule has 1 atom stereocenters. The first-order chi connectivity index (χ1) is 7.70. The first kappa shape index (κ1) is 12.3. The molecule has 16 heavy (non-hydrogen) atoms. The monoisotopic (exact) mass is 216 g/mol. The van der Waals surface area contributed by atoms with Crippen LogP contribution in [-0.2, 0) is 9.53 Å². The van der Waals surface area contributed by atoms with Crippen LogP contribution in [0.4, 0.5) is 0 Å². The van der Waals surface area contributed by atoms with Gasteiger partial charge in [0.25, 0.3) is 0 Å². The summed E-state index contributed by atoms with van der Waals surface area (Å²) in [6.07, 6.45) is 0. The maximum Gasteiger partial charge on any atom is 0.313 e. The van der Waals surface area contributed by atoms with Gasteiger partial charge in [0.2, 0.25) is 0 Å². The molecule has 0 radical (unpaired) electrons. The van der Waals surface area contributed by atoms with Crippen molar-refractivity contribution in [2.45, 2.75) is 13.8 Å². The fourth-order valence-electron chi connectivity index (χ4n) is 1.51. The van der Waals surface area contributed by atoms with E-state index in [2.05, 4.69) is 12.3 Å². The van der Waals surface area contributed by atoms with Gasteiger partial charge in [-0.15, -0.1) is 5.73 Å². The molecular formula is C14H16O2. The molecule has 1 aromatic rings. The molecule has 0 heterocycles. The predicted octanol–water partition coefficient (Wildman–Crippen LogP) is 3.05. The summed E-state index contributed by atoms with van der Waals surface area (Å²) in [6, 6.07) is 9.64. The molecular weight excluding hydrogens is 200 g/mol. The summed E-state index contributed by atoms with van der Waals surface area (Å²) < 4.78 is 4.98. The maximum atomic E-state index is 11.6. The molecule has 0 amide bonds. The van der Waals surface area contributed by atoms with Crippen LogP contribution in [0.1, 0.15) is 19.4 Å². The molecule has 84 valence electrons. The normalized spacial score (nSPS) is 11.4. The number of carbonyl (C=O) groups is 1. The van der Waals surface area contributed by atoms with Gasteiger partial charge in [0.1, 0.15) is 0 Å². The molecule has 1 rings (SSSR count). The zero-order chi connectivity index (χ0) is 12.0. The summed E-state index contributed by atoms with van der Waals surface area (Å²) in [5.41, 5.74) is 4.56. The largest absolute Gasteiger partial charge is 0.466 e. The van der Waals surface area contributed by atoms with E-state index in [4.69, 9.17) is 4.74 Å². The van der Waals surface area contributed by atoms with Crippen molar-refractivity contribution in [3.8, 4) is 0 Å². The Kier molecular flexibility index (Phi) is 4.56. The Labute approximate surface area is 96.2 Å². The van der Waals surface area contributed by atoms with Gasteiger partial charge in [-0.3, -0.25) is 4.79 Å². The van der Waals surface area contributed by atoms with Crippen LogP contribution < -0.4 is 0 Å². The van der Waals surface area contributed by atoms with Crippen molar-refractivity contribution >= 4 is 11.5 Å². The van der Waals surface area contributed by atoms with E-state index in [0.717, 1.165) is 11.1 Å². The van der Waals surface area contributed by atoms with Crippen molar-refractivity contribution in [1.82, 2.24) is 0 Å². The molecule has 0 saturated heterocycles. The smallest absolute Gasteiger partial charge is 0.313 e. The van der Waals surface area contributed by atoms with Gasteiger partial charge in [0.05, 0.1) is 12.5 Å². The van der Waals surface area contributed by atoms with Gasteiger partial charge in [-0.25, -0.2) is 0 Å². The molecule has 1 aromatic carbocycles. The van der Waals surface area contributed by atoms with Crippen LogP contribution in [0.2, 0.25) is 0 Å². The first-order valence-electron chi connectivity index (χ1n) is 5.32. The summed E-state index contributed by atoms with van der Waals surface area (Å²) in [5, 5.41) is 0. The standard InChI is InChI=1S/C14H16O2/c1-4-13(11(3)14(15)16-5-2)12-9-7-6-8-10-12/h6-11H,1,5H2,2-3H3. The zero-order valence-corrected chi connectivity index (χ0v) is 9.69. The van der Waals surface area contributed by atoms with Crippen molar-refractivity contribution in [2.75, 3.05) is 6.61 Å². The van der Waals surface area contributed by atoms with Crippen LogP contribution in [0, 0.1) is 5.92 Å². The molecule has 0 spiro atoms. The molecule has 0 aromatic heterocycles. The lowest BCUT2D eigenvalue weighted by atomic mass is 9.95. The third-order valence-corrected chi connectivity index (χ3v) is 2.35. The van der Waals surface area contributed by atoms with Crippen LogP contribution in [0.3, 0.4) is 0 Å². The average molecular weight is 216 g/mol. The average Bonchev–Trinajstić information content (AvgIpc) is 2.31. The molecule has 2 nitrogen and oxygen atoms in total. The number of ether oxygens (including phenoxy) is 1. The van der Waals surface area contributed by atoms with E-state index < -0.39 is 0 Å². The summed E-state index contributed by atoms with van der Waals surface area (Å²) >= 11 is 0. The van der Waals surface area contributed by atoms with Gasteiger partial charge in [-0.2, -0.15) is 0 Å². The molecule has 0 aliphatic carbocycles. The molecule has 0 N–H and O–H groups in total. The molecule has 0 saturated carbocycles. The second kappa shape index (κ2) is 5.94. The Bertz CT molecular complexity index is 400. The van der Waals surface area contributed by atoms with Crippen LogP contribution >= 0.6 is 0 Å². The SMILES string of the molecule is C=C=C(c1ccccc1)C(C)C(=O)OCC. The number of esters is 1. The highest BCUT2D eigenvalue weighted by atomic mass is 16.5. The highest BCUT2D eigenvalue weighted by molar-refractivity contribution is 5.87. The van der Waals surface area contributed by atoms with Gasteiger partial charge in [0.15, 0.2) is 0 Å². The van der Waals surface area contributed by atoms with Crippen LogP contribution in [-0.4, -0.2) is 12.6 Å². The van der Waals surface area contributed by atoms with E-state index in [-0.39, 0.29) is 11.9 Å². The number of carbonyl (C=O) groups excluding carboxylic acids is 1. The minimum absolute atomic E-state index is 0.238. The molecule has 0 aliphatic heterocycles. The van der Waals surface area contributed by atoms with Gasteiger partial charge in [-0.1, -0.05) is 36.9 Å². The van der Waals surface area contributed by atoms with Gasteiger partial charge >= 0.3 is 5.97 Å². The van der Waals surface area contributed by atoms with E-state index in [0.29, 0.717) is 6.61 Å². The van der Waals surface area contributed by atoms with E-state index in [1.165, 1.54) is 0 Å². The van der Waals surface area contributed by atoms with E-state index >= 15 is 0 Å². The highest BCUT2D eigenvalue weighted by Gasteiger charge is 2.19. The fraction of sp³-hybridized carbons (Fsp3) is 0.286. The lowest BCUT2D eigenvalue weighted by Crippen LogP contribution is -2.15. The van der Waals surface area contributed by atoms with Crippen molar-refractivity contribution in [1.29, 1.82) is 0 Å². The number of rotatable bonds is 4. The van der Waals surface area contributed by atoms with Crippen molar-refractivity contribution in [3.63, 3.8) is 0 Å². The van der Waals surface area contributed by atoms with Crippen LogP contribution in [0.15, 0.2) is 42.6 Å². The zero-order valence-electron chi connectivity index (χ0n) is 9.69. The summed E-state index contributed by atoms with van der Waals surface area (Å²) in [4.78, 5) is 11.6. The molecule has 0 bridgehead atoms. The van der Waals surface area contributed by atoms with Gasteiger partial charge in [-0.05, 0) is 19.4 Å². The molecule has 2 heteroatoms. The van der Waals surface area contributed by atoms with E-state index in [1.54, 1.807) is 13.8 Å². The van der Waals surface area contributed by atoms with Crippen molar-refractivity contribution in [2.24, 2.45) is 5.92 Å². The topological polar surface area (TPSA) is 26.3 Å². The molecule has 0 fully saturated rings. The Morgan fingerprint density at radius 3 is 2.56 bits per heavy atom. The van der Waals surface area contributed by atoms with E-state index in [1.807, 2.05) is 30.3 Å². The maximum absolute atomic E-state index is 11.6. The highest BCUT2D eigenvalue weighted by Crippen LogP contribution is 2.22. The third kappa shape index (κ3) is 2.85. The first-order valence-corrected chi connectivity index (χ1v) is 5.32. The Morgan fingerprint density at radius 2 is 2.06 bits per heavy atom. The van der Waals surface area contributed by atoms with Gasteiger partial charge in [0, 0.05) is 5.57 Å². The molecule has 1 unspecified atom stereocenters. The number of hydrogen-bond acceptors (Lipinski definition) is 2. The summed E-state index contributed by atoms with van der Waals surface area (Å²) in [7, 11) is 0. The Morgan fingerprint density at radius 1 is 1.44 bits per heavy atom. The lowest BCUT2D eigenvalue weighted by molar-refractivity contribution is -0.145. The quantitative estimate of drug-likeness (QED) is 0.571.